The van der Waals surface area contributed by atoms with E-state index in [4.69, 9.17) is 20.7 Å². The fourth-order valence-corrected chi connectivity index (χ4v) is 0.234. The molecule has 4 N–H and O–H groups in total. The number of carboxylic acid groups (broad SMARTS) is 2. The van der Waals surface area contributed by atoms with Crippen molar-refractivity contribution in [1.29, 1.82) is 0 Å². The van der Waals surface area contributed by atoms with E-state index in [1.54, 1.807) is 0 Å². The summed E-state index contributed by atoms with van der Waals surface area (Å²) in [5.41, 5.74) is 4.94. The monoisotopic (exact) mass is 181 g/mol. The Labute approximate surface area is 69.6 Å². The lowest BCUT2D eigenvalue weighted by atomic mass is 10.4. The van der Waals surface area contributed by atoms with Crippen LogP contribution in [-0.4, -0.2) is 33.9 Å². The van der Waals surface area contributed by atoms with E-state index in [2.05, 4.69) is 12.6 Å². The van der Waals surface area contributed by atoms with Crippen molar-refractivity contribution in [3.63, 3.8) is 0 Å². The van der Waals surface area contributed by atoms with Gasteiger partial charge in [-0.3, -0.25) is 9.59 Å². The van der Waals surface area contributed by atoms with E-state index in [1.807, 2.05) is 0 Å². The van der Waals surface area contributed by atoms with E-state index in [0.717, 1.165) is 6.92 Å². The van der Waals surface area contributed by atoms with E-state index in [9.17, 15) is 4.79 Å². The van der Waals surface area contributed by atoms with Gasteiger partial charge in [-0.25, -0.2) is 0 Å². The largest absolute Gasteiger partial charge is 0.481 e. The van der Waals surface area contributed by atoms with E-state index in [1.165, 1.54) is 0 Å². The molecule has 0 fully saturated rings. The van der Waals surface area contributed by atoms with Crippen LogP contribution in [0.3, 0.4) is 0 Å². The minimum Gasteiger partial charge on any atom is -0.481 e. The van der Waals surface area contributed by atoms with Crippen LogP contribution in [-0.2, 0) is 9.59 Å². The van der Waals surface area contributed by atoms with Crippen LogP contribution >= 0.6 is 12.6 Å². The number of rotatable bonds is 2. The third-order valence-electron chi connectivity index (χ3n) is 0.514. The molecule has 0 aromatic carbocycles. The number of aliphatic carboxylic acids is 2. The molecule has 66 valence electrons. The highest BCUT2D eigenvalue weighted by Crippen LogP contribution is 1.80. The van der Waals surface area contributed by atoms with Crippen LogP contribution in [0.2, 0.25) is 0 Å². The lowest BCUT2D eigenvalue weighted by Crippen LogP contribution is -2.31. The molecule has 0 bridgehead atoms. The van der Waals surface area contributed by atoms with Crippen molar-refractivity contribution in [3.05, 3.63) is 0 Å². The number of hydrogen-bond acceptors (Lipinski definition) is 4. The Balaban J connectivity index is 0. The van der Waals surface area contributed by atoms with Crippen LogP contribution in [0.1, 0.15) is 6.92 Å². The van der Waals surface area contributed by atoms with Gasteiger partial charge in [0.05, 0.1) is 0 Å². The molecule has 0 aliphatic heterocycles. The van der Waals surface area contributed by atoms with Gasteiger partial charge in [0.15, 0.2) is 0 Å². The maximum atomic E-state index is 9.76. The van der Waals surface area contributed by atoms with Crippen molar-refractivity contribution >= 4 is 24.6 Å². The quantitative estimate of drug-likeness (QED) is 0.427. The summed E-state index contributed by atoms with van der Waals surface area (Å²) in [6.07, 6.45) is 0. The zero-order valence-corrected chi connectivity index (χ0v) is 6.91. The Bertz CT molecular complexity index is 134. The van der Waals surface area contributed by atoms with Gasteiger partial charge in [0.1, 0.15) is 6.04 Å². The van der Waals surface area contributed by atoms with Gasteiger partial charge in [0.2, 0.25) is 0 Å². The predicted octanol–water partition coefficient (Wildman–Crippen LogP) is -0.581. The summed E-state index contributed by atoms with van der Waals surface area (Å²) < 4.78 is 0. The highest BCUT2D eigenvalue weighted by molar-refractivity contribution is 7.80. The fourth-order valence-electron chi connectivity index (χ4n) is 0.0781. The summed E-state index contributed by atoms with van der Waals surface area (Å²) in [4.78, 5) is 18.8. The minimum atomic E-state index is -1.00. The maximum Gasteiger partial charge on any atom is 0.321 e. The summed E-state index contributed by atoms with van der Waals surface area (Å²) in [7, 11) is 0. The molecule has 5 nitrogen and oxygen atoms in total. The molecule has 0 heterocycles. The van der Waals surface area contributed by atoms with Crippen LogP contribution in [0, 0.1) is 0 Å². The summed E-state index contributed by atoms with van der Waals surface area (Å²) >= 11 is 3.65. The standard InChI is InChI=1S/C3H7NO2S.C2H4O2/c4-2(1-7)3(5)6;1-2(3)4/h2,7H,1,4H2,(H,5,6);1H3,(H,3,4)/t2-;/m0./s1. The first-order valence-electron chi connectivity index (χ1n) is 2.70. The van der Waals surface area contributed by atoms with Gasteiger partial charge in [-0.05, 0) is 0 Å². The molecule has 0 saturated heterocycles. The van der Waals surface area contributed by atoms with E-state index in [-0.39, 0.29) is 5.75 Å². The Hall–Kier alpha value is -0.750. The van der Waals surface area contributed by atoms with Gasteiger partial charge >= 0.3 is 5.97 Å². The molecular weight excluding hydrogens is 170 g/mol. The molecule has 0 aliphatic rings. The van der Waals surface area contributed by atoms with Crippen molar-refractivity contribution in [2.75, 3.05) is 5.75 Å². The first-order valence-corrected chi connectivity index (χ1v) is 3.33. The fraction of sp³-hybridized carbons (Fsp3) is 0.600. The molecule has 0 saturated carbocycles. The first kappa shape index (κ1) is 12.9. The van der Waals surface area contributed by atoms with Crippen LogP contribution in [0.5, 0.6) is 0 Å². The zero-order chi connectivity index (χ0) is 9.44. The summed E-state index contributed by atoms with van der Waals surface area (Å²) in [6.45, 7) is 1.08. The molecule has 11 heavy (non-hydrogen) atoms. The SMILES string of the molecule is CC(=O)O.N[C@@H](CS)C(=O)O. The van der Waals surface area contributed by atoms with E-state index < -0.39 is 18.0 Å². The van der Waals surface area contributed by atoms with Crippen LogP contribution < -0.4 is 5.73 Å². The van der Waals surface area contributed by atoms with Crippen LogP contribution in [0.15, 0.2) is 0 Å². The number of nitrogens with two attached hydrogens (primary N) is 1. The average Bonchev–Trinajstić information content (AvgIpc) is 1.85. The summed E-state index contributed by atoms with van der Waals surface area (Å²) in [6, 6.07) is -0.816. The van der Waals surface area contributed by atoms with Gasteiger partial charge < -0.3 is 15.9 Å². The van der Waals surface area contributed by atoms with E-state index >= 15 is 0 Å². The van der Waals surface area contributed by atoms with Gasteiger partial charge in [-0.1, -0.05) is 0 Å². The third kappa shape index (κ3) is 17.6. The molecular formula is C5H11NO4S. The second-order valence-corrected chi connectivity index (χ2v) is 2.01. The molecule has 0 radical (unpaired) electrons. The number of thiol groups is 1. The molecule has 0 unspecified atom stereocenters. The predicted molar refractivity (Wildman–Crippen MR) is 42.8 cm³/mol. The van der Waals surface area contributed by atoms with E-state index in [0.29, 0.717) is 0 Å². The van der Waals surface area contributed by atoms with Crippen molar-refractivity contribution in [3.8, 4) is 0 Å². The average molecular weight is 181 g/mol. The second kappa shape index (κ2) is 7.36. The molecule has 0 amide bonds. The Morgan fingerprint density at radius 2 is 1.82 bits per heavy atom. The first-order chi connectivity index (χ1) is 4.91. The molecule has 1 atom stereocenters. The smallest absolute Gasteiger partial charge is 0.321 e. The van der Waals surface area contributed by atoms with Crippen LogP contribution in [0.25, 0.3) is 0 Å². The van der Waals surface area contributed by atoms with Gasteiger partial charge in [-0.15, -0.1) is 0 Å². The highest BCUT2D eigenvalue weighted by Gasteiger charge is 2.06. The lowest BCUT2D eigenvalue weighted by Gasteiger charge is -1.96. The van der Waals surface area contributed by atoms with Crippen molar-refractivity contribution in [2.24, 2.45) is 5.73 Å². The maximum absolute atomic E-state index is 9.76. The summed E-state index contributed by atoms with van der Waals surface area (Å²) in [5, 5.41) is 15.4. The van der Waals surface area contributed by atoms with Gasteiger partial charge in [0.25, 0.3) is 5.97 Å². The third-order valence-corrected chi connectivity index (χ3v) is 0.907. The second-order valence-electron chi connectivity index (χ2n) is 1.65. The molecule has 6 heteroatoms. The number of carboxylic acids is 2. The number of hydrogen-bond donors (Lipinski definition) is 4. The molecule has 0 aromatic heterocycles. The Morgan fingerprint density at radius 3 is 1.82 bits per heavy atom. The topological polar surface area (TPSA) is 101 Å². The van der Waals surface area contributed by atoms with Crippen molar-refractivity contribution in [1.82, 2.24) is 0 Å². The molecule has 0 aromatic rings. The molecule has 0 rings (SSSR count). The van der Waals surface area contributed by atoms with Crippen molar-refractivity contribution < 1.29 is 19.8 Å². The minimum absolute atomic E-state index is 0.190. The zero-order valence-electron chi connectivity index (χ0n) is 6.02. The van der Waals surface area contributed by atoms with Crippen LogP contribution in [0.4, 0.5) is 0 Å². The summed E-state index contributed by atoms with van der Waals surface area (Å²) in [5.74, 6) is -1.65. The molecule has 0 spiro atoms. The van der Waals surface area contributed by atoms with Gasteiger partial charge in [-0.2, -0.15) is 12.6 Å². The Kier molecular flexibility index (Phi) is 8.62. The lowest BCUT2D eigenvalue weighted by molar-refractivity contribution is -0.138. The van der Waals surface area contributed by atoms with Crippen molar-refractivity contribution in [2.45, 2.75) is 13.0 Å². The highest BCUT2D eigenvalue weighted by atomic mass is 32.1. The molecule has 0 aliphatic carbocycles. The van der Waals surface area contributed by atoms with Gasteiger partial charge in [0, 0.05) is 12.7 Å². The normalized spacial score (nSPS) is 10.8. The number of carbonyl (C=O) groups is 2. The Morgan fingerprint density at radius 1 is 1.55 bits per heavy atom.